The first-order chi connectivity index (χ1) is 25.5. The first kappa shape index (κ1) is 48.4. The quantitative estimate of drug-likeness (QED) is 0.277. The Hall–Kier alpha value is -1.01. The molecule has 0 saturated carbocycles. The fraction of sp³-hybridized carbons (Fsp3) is 0.976. The van der Waals surface area contributed by atoms with Crippen molar-refractivity contribution in [3.05, 3.63) is 0 Å². The van der Waals surface area contributed by atoms with Gasteiger partial charge in [0, 0.05) is 52.3 Å². The second-order valence-electron chi connectivity index (χ2n) is 17.9. The van der Waals surface area contributed by atoms with Crippen molar-refractivity contribution in [2.24, 2.45) is 23.7 Å². The van der Waals surface area contributed by atoms with Crippen molar-refractivity contribution in [2.75, 3.05) is 55.6 Å². The van der Waals surface area contributed by atoms with Crippen molar-refractivity contribution < 1.29 is 58.0 Å². The van der Waals surface area contributed by atoms with Gasteiger partial charge in [0.15, 0.2) is 12.6 Å². The largest absolute Gasteiger partial charge is 0.459 e. The maximum Gasteiger partial charge on any atom is 0.309 e. The van der Waals surface area contributed by atoms with Gasteiger partial charge in [-0.15, -0.1) is 0 Å². The molecule has 0 aliphatic carbocycles. The Bertz CT molecular complexity index is 1200. The standard InChI is InChI=1S/C41H78N2O12/c1-17-31-41(10,47)36(48-14)27(6)43(13)21-23(2)19-40(9,50-16)35(55-38-33(44)30(42(11)12)18-24(3)52-38)25(4)29(26(5)37(46)54-31)22-51-32-20-39(8,49-15)34(45)28(7)53-32/h23-36,38,44-45,47H,17-22H2,1-16H3. The molecule has 0 aromatic rings. The zero-order chi connectivity index (χ0) is 41.8. The number of hydrogen-bond donors (Lipinski definition) is 3. The number of aliphatic hydroxyl groups excluding tert-OH is 2. The third-order valence-electron chi connectivity index (χ3n) is 13.3. The summed E-state index contributed by atoms with van der Waals surface area (Å²) in [6.45, 7) is 19.8. The summed E-state index contributed by atoms with van der Waals surface area (Å²) in [6, 6.07) is -0.450. The van der Waals surface area contributed by atoms with Gasteiger partial charge in [0.1, 0.15) is 30.0 Å². The summed E-state index contributed by atoms with van der Waals surface area (Å²) in [5.41, 5.74) is -3.37. The summed E-state index contributed by atoms with van der Waals surface area (Å²) < 4.78 is 50.4. The molecule has 3 saturated heterocycles. The van der Waals surface area contributed by atoms with Crippen LogP contribution in [0.2, 0.25) is 0 Å². The van der Waals surface area contributed by atoms with Gasteiger partial charge >= 0.3 is 5.97 Å². The van der Waals surface area contributed by atoms with E-state index in [4.69, 9.17) is 37.9 Å². The SMILES string of the molecule is CCC1OC(=O)C(C)C(COC2CC(C)(OC)C(O)C(C)O2)C(C)C(OC2OC(C)CC(N(C)C)C2O)C(C)(OC)CC(C)CN(C)C(C)C(OC)C1(C)O. The molecule has 55 heavy (non-hydrogen) atoms. The first-order valence-corrected chi connectivity index (χ1v) is 20.4. The molecule has 0 radical (unpaired) electrons. The number of esters is 1. The van der Waals surface area contributed by atoms with Crippen molar-refractivity contribution in [3.8, 4) is 0 Å². The maximum absolute atomic E-state index is 14.4. The maximum atomic E-state index is 14.4. The molecular weight excluding hydrogens is 712 g/mol. The monoisotopic (exact) mass is 791 g/mol. The molecule has 18 atom stereocenters. The lowest BCUT2D eigenvalue weighted by molar-refractivity contribution is -0.304. The lowest BCUT2D eigenvalue weighted by atomic mass is 9.73. The highest BCUT2D eigenvalue weighted by Crippen LogP contribution is 2.41. The Labute approximate surface area is 331 Å². The molecule has 14 heteroatoms. The van der Waals surface area contributed by atoms with Gasteiger partial charge in [0.05, 0.1) is 42.0 Å². The molecule has 324 valence electrons. The van der Waals surface area contributed by atoms with Gasteiger partial charge in [0.2, 0.25) is 0 Å². The van der Waals surface area contributed by atoms with Crippen LogP contribution in [-0.2, 0) is 42.7 Å². The molecule has 18 unspecified atom stereocenters. The minimum absolute atomic E-state index is 0.0539. The molecule has 3 aliphatic heterocycles. The topological polar surface area (TPSA) is 158 Å². The molecule has 3 N–H and O–H groups in total. The van der Waals surface area contributed by atoms with Crippen LogP contribution < -0.4 is 0 Å². The molecule has 3 rings (SSSR count). The highest BCUT2D eigenvalue weighted by atomic mass is 16.7. The Kier molecular flexibility index (Phi) is 17.4. The van der Waals surface area contributed by atoms with Crippen LogP contribution in [0, 0.1) is 23.7 Å². The Morgan fingerprint density at radius 2 is 1.55 bits per heavy atom. The zero-order valence-electron chi connectivity index (χ0n) is 36.8. The number of ether oxygens (including phenoxy) is 8. The van der Waals surface area contributed by atoms with Crippen molar-refractivity contribution in [1.29, 1.82) is 0 Å². The van der Waals surface area contributed by atoms with Gasteiger partial charge in [-0.3, -0.25) is 4.79 Å². The summed E-state index contributed by atoms with van der Waals surface area (Å²) in [4.78, 5) is 18.6. The molecule has 14 nitrogen and oxygen atoms in total. The Morgan fingerprint density at radius 1 is 0.927 bits per heavy atom. The van der Waals surface area contributed by atoms with Crippen LogP contribution in [0.4, 0.5) is 0 Å². The average Bonchev–Trinajstić information content (AvgIpc) is 3.11. The van der Waals surface area contributed by atoms with E-state index in [0.29, 0.717) is 25.8 Å². The van der Waals surface area contributed by atoms with Crippen LogP contribution in [-0.4, -0.2) is 171 Å². The van der Waals surface area contributed by atoms with E-state index in [0.717, 1.165) is 0 Å². The van der Waals surface area contributed by atoms with Crippen LogP contribution in [0.1, 0.15) is 94.9 Å². The fourth-order valence-corrected chi connectivity index (χ4v) is 9.54. The average molecular weight is 791 g/mol. The molecule has 0 spiro atoms. The number of rotatable bonds is 10. The predicted octanol–water partition coefficient (Wildman–Crippen LogP) is 3.46. The number of hydrogen-bond acceptors (Lipinski definition) is 14. The molecule has 3 aliphatic rings. The number of likely N-dealkylation sites (N-methyl/N-ethyl adjacent to an activating group) is 2. The van der Waals surface area contributed by atoms with Crippen molar-refractivity contribution in [2.45, 2.75) is 179 Å². The number of nitrogens with zero attached hydrogens (tertiary/aromatic N) is 2. The number of carbonyl (C=O) groups excluding carboxylic acids is 1. The van der Waals surface area contributed by atoms with Crippen LogP contribution in [0.25, 0.3) is 0 Å². The summed E-state index contributed by atoms with van der Waals surface area (Å²) >= 11 is 0. The summed E-state index contributed by atoms with van der Waals surface area (Å²) in [7, 11) is 10.7. The van der Waals surface area contributed by atoms with Crippen molar-refractivity contribution in [1.82, 2.24) is 9.80 Å². The number of cyclic esters (lactones) is 1. The second-order valence-corrected chi connectivity index (χ2v) is 17.9. The van der Waals surface area contributed by atoms with Crippen LogP contribution >= 0.6 is 0 Å². The number of aliphatic hydroxyl groups is 3. The minimum Gasteiger partial charge on any atom is -0.459 e. The normalized spacial score (nSPS) is 47.6. The van der Waals surface area contributed by atoms with E-state index in [1.165, 1.54) is 0 Å². The second kappa shape index (κ2) is 19.8. The van der Waals surface area contributed by atoms with Crippen LogP contribution in [0.5, 0.6) is 0 Å². The smallest absolute Gasteiger partial charge is 0.309 e. The lowest BCUT2D eigenvalue weighted by Crippen LogP contribution is -2.59. The van der Waals surface area contributed by atoms with E-state index < -0.39 is 89.7 Å². The van der Waals surface area contributed by atoms with E-state index in [1.807, 2.05) is 74.5 Å². The predicted molar refractivity (Wildman–Crippen MR) is 208 cm³/mol. The molecule has 0 aromatic carbocycles. The number of methoxy groups -OCH3 is 3. The summed E-state index contributed by atoms with van der Waals surface area (Å²) in [6.07, 6.45) is -4.74. The molecule has 0 bridgehead atoms. The van der Waals surface area contributed by atoms with Gasteiger partial charge in [-0.25, -0.2) is 0 Å². The van der Waals surface area contributed by atoms with Crippen LogP contribution in [0.15, 0.2) is 0 Å². The third kappa shape index (κ3) is 11.0. The van der Waals surface area contributed by atoms with Gasteiger partial charge in [-0.2, -0.15) is 0 Å². The van der Waals surface area contributed by atoms with E-state index in [9.17, 15) is 20.1 Å². The van der Waals surface area contributed by atoms with E-state index in [2.05, 4.69) is 11.8 Å². The third-order valence-corrected chi connectivity index (χ3v) is 13.3. The van der Waals surface area contributed by atoms with Crippen molar-refractivity contribution >= 4 is 5.97 Å². The first-order valence-electron chi connectivity index (χ1n) is 20.4. The van der Waals surface area contributed by atoms with Gasteiger partial charge in [-0.1, -0.05) is 27.7 Å². The van der Waals surface area contributed by atoms with Gasteiger partial charge in [0.25, 0.3) is 0 Å². The van der Waals surface area contributed by atoms with Gasteiger partial charge in [-0.05, 0) is 93.8 Å². The van der Waals surface area contributed by atoms with Crippen LogP contribution in [0.3, 0.4) is 0 Å². The lowest BCUT2D eigenvalue weighted by Gasteiger charge is -2.49. The number of carbonyl (C=O) groups is 1. The molecular formula is C41H78N2O12. The molecule has 3 fully saturated rings. The highest BCUT2D eigenvalue weighted by Gasteiger charge is 2.52. The Morgan fingerprint density at radius 3 is 2.09 bits per heavy atom. The minimum atomic E-state index is -1.52. The zero-order valence-corrected chi connectivity index (χ0v) is 36.8. The van der Waals surface area contributed by atoms with Gasteiger partial charge < -0.3 is 63.0 Å². The molecule has 0 amide bonds. The summed E-state index contributed by atoms with van der Waals surface area (Å²) in [5, 5.41) is 34.7. The molecule has 3 heterocycles. The highest BCUT2D eigenvalue weighted by molar-refractivity contribution is 5.72. The molecule has 0 aromatic heterocycles. The Balaban J connectivity index is 2.18. The fourth-order valence-electron chi connectivity index (χ4n) is 9.54. The van der Waals surface area contributed by atoms with E-state index >= 15 is 0 Å². The summed E-state index contributed by atoms with van der Waals surface area (Å²) in [5.74, 6) is -2.19. The van der Waals surface area contributed by atoms with Crippen molar-refractivity contribution in [3.63, 3.8) is 0 Å². The van der Waals surface area contributed by atoms with E-state index in [-0.39, 0.29) is 37.1 Å². The van der Waals surface area contributed by atoms with E-state index in [1.54, 1.807) is 35.2 Å².